The van der Waals surface area contributed by atoms with Crippen LogP contribution in [0.4, 0.5) is 0 Å². The molecule has 3 nitrogen and oxygen atoms in total. The van der Waals surface area contributed by atoms with Crippen LogP contribution in [-0.4, -0.2) is 18.1 Å². The molecule has 3 heteroatoms. The Morgan fingerprint density at radius 1 is 0.935 bits per heavy atom. The summed E-state index contributed by atoms with van der Waals surface area (Å²) >= 11 is 0. The van der Waals surface area contributed by atoms with Gasteiger partial charge >= 0.3 is 5.97 Å². The molecule has 0 saturated heterocycles. The molecular formula is C28H25NO2. The van der Waals surface area contributed by atoms with Crippen molar-refractivity contribution >= 4 is 22.4 Å². The molecule has 5 rings (SSSR count). The highest BCUT2D eigenvalue weighted by Crippen LogP contribution is 2.41. The maximum Gasteiger partial charge on any atom is 0.337 e. The Balaban J connectivity index is 1.54. The molecule has 1 unspecified atom stereocenters. The number of carbonyl (C=O) groups excluding carboxylic acids is 1. The summed E-state index contributed by atoms with van der Waals surface area (Å²) in [6.45, 7) is 0. The van der Waals surface area contributed by atoms with Gasteiger partial charge < -0.3 is 9.72 Å². The van der Waals surface area contributed by atoms with Crippen molar-refractivity contribution in [1.29, 1.82) is 0 Å². The van der Waals surface area contributed by atoms with Crippen LogP contribution in [0.1, 0.15) is 46.8 Å². The van der Waals surface area contributed by atoms with E-state index in [0.717, 1.165) is 30.3 Å². The summed E-state index contributed by atoms with van der Waals surface area (Å²) in [5, 5.41) is 1.20. The van der Waals surface area contributed by atoms with Crippen LogP contribution in [0.15, 0.2) is 84.9 Å². The molecule has 1 heterocycles. The molecule has 1 aromatic heterocycles. The van der Waals surface area contributed by atoms with Gasteiger partial charge in [-0.2, -0.15) is 0 Å². The monoisotopic (exact) mass is 407 g/mol. The average molecular weight is 408 g/mol. The fraction of sp³-hybridized carbons (Fsp3) is 0.179. The maximum absolute atomic E-state index is 11.8. The molecule has 4 aromatic rings. The van der Waals surface area contributed by atoms with Crippen LogP contribution in [0.5, 0.6) is 0 Å². The minimum Gasteiger partial charge on any atom is -0.465 e. The summed E-state index contributed by atoms with van der Waals surface area (Å²) in [5.74, 6) is 0.268. The Bertz CT molecular complexity index is 1250. The fourth-order valence-electron chi connectivity index (χ4n) is 4.66. The topological polar surface area (TPSA) is 42.1 Å². The highest BCUT2D eigenvalue weighted by molar-refractivity contribution is 6.02. The second kappa shape index (κ2) is 8.27. The Labute approximate surface area is 182 Å². The lowest BCUT2D eigenvalue weighted by Crippen LogP contribution is -2.04. The number of esters is 1. The molecule has 0 radical (unpaired) electrons. The third-order valence-corrected chi connectivity index (χ3v) is 6.30. The van der Waals surface area contributed by atoms with E-state index < -0.39 is 0 Å². The SMILES string of the molecule is COC(=O)c1ccc(-c2c(C3=CCC(c4ccccc4)CC3)[nH]c3ccccc23)cc1. The van der Waals surface area contributed by atoms with Gasteiger partial charge in [0.15, 0.2) is 0 Å². The molecule has 0 aliphatic heterocycles. The van der Waals surface area contributed by atoms with Crippen LogP contribution in [0.25, 0.3) is 27.6 Å². The van der Waals surface area contributed by atoms with E-state index >= 15 is 0 Å². The van der Waals surface area contributed by atoms with E-state index in [9.17, 15) is 4.79 Å². The number of hydrogen-bond acceptors (Lipinski definition) is 2. The zero-order valence-electron chi connectivity index (χ0n) is 17.6. The molecule has 1 aliphatic rings. The van der Waals surface area contributed by atoms with Gasteiger partial charge in [0.2, 0.25) is 0 Å². The molecule has 0 bridgehead atoms. The van der Waals surface area contributed by atoms with Crippen molar-refractivity contribution < 1.29 is 9.53 Å². The molecule has 3 aromatic carbocycles. The predicted octanol–water partition coefficient (Wildman–Crippen LogP) is 6.97. The third kappa shape index (κ3) is 3.68. The number of aromatic nitrogens is 1. The first kappa shape index (κ1) is 19.4. The van der Waals surface area contributed by atoms with Crippen molar-refractivity contribution in [2.45, 2.75) is 25.2 Å². The van der Waals surface area contributed by atoms with E-state index in [2.05, 4.69) is 65.7 Å². The van der Waals surface area contributed by atoms with Crippen molar-refractivity contribution in [3.63, 3.8) is 0 Å². The number of carbonyl (C=O) groups is 1. The molecule has 0 fully saturated rings. The highest BCUT2D eigenvalue weighted by Gasteiger charge is 2.22. The summed E-state index contributed by atoms with van der Waals surface area (Å²) < 4.78 is 4.85. The maximum atomic E-state index is 11.8. The number of benzene rings is 3. The van der Waals surface area contributed by atoms with Gasteiger partial charge in [0.25, 0.3) is 0 Å². The Hall–Kier alpha value is -3.59. The zero-order chi connectivity index (χ0) is 21.2. The van der Waals surface area contributed by atoms with E-state index in [1.165, 1.54) is 34.9 Å². The Morgan fingerprint density at radius 2 is 1.68 bits per heavy atom. The number of hydrogen-bond donors (Lipinski definition) is 1. The largest absolute Gasteiger partial charge is 0.465 e. The summed E-state index contributed by atoms with van der Waals surface area (Å²) in [4.78, 5) is 15.5. The summed E-state index contributed by atoms with van der Waals surface area (Å²) in [6.07, 6.45) is 5.64. The first-order chi connectivity index (χ1) is 15.2. The van der Waals surface area contributed by atoms with Gasteiger partial charge in [0.05, 0.1) is 12.7 Å². The van der Waals surface area contributed by atoms with Crippen molar-refractivity contribution in [2.75, 3.05) is 7.11 Å². The Morgan fingerprint density at radius 3 is 2.39 bits per heavy atom. The minimum absolute atomic E-state index is 0.312. The molecule has 31 heavy (non-hydrogen) atoms. The normalized spacial score (nSPS) is 16.2. The summed E-state index contributed by atoms with van der Waals surface area (Å²) in [7, 11) is 1.41. The molecule has 0 spiro atoms. The number of nitrogens with one attached hydrogen (secondary N) is 1. The molecule has 1 N–H and O–H groups in total. The smallest absolute Gasteiger partial charge is 0.337 e. The third-order valence-electron chi connectivity index (χ3n) is 6.30. The number of ether oxygens (including phenoxy) is 1. The van der Waals surface area contributed by atoms with Crippen LogP contribution in [0.2, 0.25) is 0 Å². The van der Waals surface area contributed by atoms with E-state index in [4.69, 9.17) is 4.74 Å². The second-order valence-corrected chi connectivity index (χ2v) is 8.10. The first-order valence-electron chi connectivity index (χ1n) is 10.8. The molecule has 1 atom stereocenters. The molecule has 0 saturated carbocycles. The number of H-pyrrole nitrogens is 1. The van der Waals surface area contributed by atoms with Crippen LogP contribution < -0.4 is 0 Å². The lowest BCUT2D eigenvalue weighted by molar-refractivity contribution is 0.0601. The number of fused-ring (bicyclic) bond motifs is 1. The lowest BCUT2D eigenvalue weighted by Gasteiger charge is -2.22. The van der Waals surface area contributed by atoms with Gasteiger partial charge in [0, 0.05) is 22.2 Å². The number of aromatic amines is 1. The van der Waals surface area contributed by atoms with Gasteiger partial charge in [0.1, 0.15) is 0 Å². The highest BCUT2D eigenvalue weighted by atomic mass is 16.5. The lowest BCUT2D eigenvalue weighted by atomic mass is 9.83. The van der Waals surface area contributed by atoms with Gasteiger partial charge in [-0.25, -0.2) is 4.79 Å². The standard InChI is InChI=1S/C28H25NO2/c1-31-28(30)23-17-13-21(14-18-23)26-24-9-5-6-10-25(24)29-27(26)22-15-11-20(12-16-22)19-7-3-2-4-8-19/h2-10,13-15,17-18,20,29H,11-12,16H2,1H3. The molecular weight excluding hydrogens is 382 g/mol. The molecule has 0 amide bonds. The average Bonchev–Trinajstić information content (AvgIpc) is 3.24. The van der Waals surface area contributed by atoms with Gasteiger partial charge in [-0.3, -0.25) is 0 Å². The van der Waals surface area contributed by atoms with E-state index in [1.807, 2.05) is 24.3 Å². The number of rotatable bonds is 4. The van der Waals surface area contributed by atoms with Gasteiger partial charge in [-0.15, -0.1) is 0 Å². The number of para-hydroxylation sites is 1. The number of methoxy groups -OCH3 is 1. The quantitative estimate of drug-likeness (QED) is 0.371. The van der Waals surface area contributed by atoms with Crippen molar-refractivity contribution in [3.8, 4) is 11.1 Å². The zero-order valence-corrected chi connectivity index (χ0v) is 17.6. The minimum atomic E-state index is -0.312. The van der Waals surface area contributed by atoms with Crippen LogP contribution in [0, 0.1) is 0 Å². The molecule has 1 aliphatic carbocycles. The summed E-state index contributed by atoms with van der Waals surface area (Å²) in [6, 6.07) is 26.9. The van der Waals surface area contributed by atoms with Crippen LogP contribution >= 0.6 is 0 Å². The van der Waals surface area contributed by atoms with Gasteiger partial charge in [-0.05, 0) is 60.1 Å². The Kier molecular flexibility index (Phi) is 5.17. The first-order valence-corrected chi connectivity index (χ1v) is 10.8. The van der Waals surface area contributed by atoms with Crippen molar-refractivity contribution in [2.24, 2.45) is 0 Å². The van der Waals surface area contributed by atoms with Crippen molar-refractivity contribution in [3.05, 3.63) is 102 Å². The fourth-order valence-corrected chi connectivity index (χ4v) is 4.66. The van der Waals surface area contributed by atoms with Gasteiger partial charge in [-0.1, -0.05) is 66.7 Å². The number of allylic oxidation sites excluding steroid dienone is 2. The molecule has 154 valence electrons. The summed E-state index contributed by atoms with van der Waals surface area (Å²) in [5.41, 5.74) is 8.00. The van der Waals surface area contributed by atoms with Crippen LogP contribution in [-0.2, 0) is 4.74 Å². The second-order valence-electron chi connectivity index (χ2n) is 8.10. The van der Waals surface area contributed by atoms with E-state index in [1.54, 1.807) is 0 Å². The van der Waals surface area contributed by atoms with Crippen LogP contribution in [0.3, 0.4) is 0 Å². The van der Waals surface area contributed by atoms with Crippen molar-refractivity contribution in [1.82, 2.24) is 4.98 Å². The predicted molar refractivity (Wildman–Crippen MR) is 126 cm³/mol. The van der Waals surface area contributed by atoms with E-state index in [0.29, 0.717) is 11.5 Å². The van der Waals surface area contributed by atoms with E-state index in [-0.39, 0.29) is 5.97 Å².